The van der Waals surface area contributed by atoms with E-state index in [1.807, 2.05) is 0 Å². The van der Waals surface area contributed by atoms with E-state index >= 15 is 0 Å². The molecule has 17 heavy (non-hydrogen) atoms. The molecule has 2 aliphatic rings. The number of nitrogens with two attached hydrogens (primary N) is 1. The molecule has 0 unspecified atom stereocenters. The Kier molecular flexibility index (Phi) is 3.20. The normalized spacial score (nSPS) is 19.5. The van der Waals surface area contributed by atoms with Gasteiger partial charge in [-0.2, -0.15) is 4.37 Å². The van der Waals surface area contributed by atoms with Crippen molar-refractivity contribution in [2.45, 2.75) is 31.6 Å². The van der Waals surface area contributed by atoms with Crippen LogP contribution in [0.2, 0.25) is 0 Å². The molecule has 1 aromatic rings. The van der Waals surface area contributed by atoms with Crippen LogP contribution in [-0.2, 0) is 4.74 Å². The third-order valence-corrected chi connectivity index (χ3v) is 4.16. The second kappa shape index (κ2) is 4.82. The lowest BCUT2D eigenvalue weighted by atomic mass is 10.2. The van der Waals surface area contributed by atoms with Crippen molar-refractivity contribution in [3.63, 3.8) is 0 Å². The Bertz CT molecular complexity index is 385. The highest BCUT2D eigenvalue weighted by Crippen LogP contribution is 2.47. The molecule has 5 heteroatoms. The van der Waals surface area contributed by atoms with E-state index in [1.54, 1.807) is 0 Å². The number of nitrogen functional groups attached to an aromatic ring is 1. The number of nitrogens with one attached hydrogen (secondary N) is 1. The van der Waals surface area contributed by atoms with Gasteiger partial charge in [0.05, 0.1) is 6.61 Å². The van der Waals surface area contributed by atoms with Gasteiger partial charge in [-0.1, -0.05) is 0 Å². The van der Waals surface area contributed by atoms with Crippen LogP contribution in [-0.4, -0.2) is 24.1 Å². The van der Waals surface area contributed by atoms with Gasteiger partial charge < -0.3 is 15.8 Å². The van der Waals surface area contributed by atoms with E-state index in [-0.39, 0.29) is 0 Å². The minimum Gasteiger partial charge on any atom is -0.383 e. The summed E-state index contributed by atoms with van der Waals surface area (Å²) in [6.45, 7) is 2.56. The van der Waals surface area contributed by atoms with Crippen LogP contribution in [0, 0.1) is 5.92 Å². The number of nitrogens with zero attached hydrogens (tertiary/aromatic N) is 1. The predicted octanol–water partition coefficient (Wildman–Crippen LogP) is 2.44. The highest BCUT2D eigenvalue weighted by Gasteiger charge is 2.30. The van der Waals surface area contributed by atoms with Crippen LogP contribution in [0.5, 0.6) is 0 Å². The highest BCUT2D eigenvalue weighted by atomic mass is 32.1. The van der Waals surface area contributed by atoms with Crippen molar-refractivity contribution >= 4 is 22.4 Å². The van der Waals surface area contributed by atoms with Gasteiger partial charge in [0, 0.05) is 18.7 Å². The van der Waals surface area contributed by atoms with E-state index in [0.717, 1.165) is 36.5 Å². The summed E-state index contributed by atoms with van der Waals surface area (Å²) >= 11 is 1.48. The Hall–Kier alpha value is -0.810. The molecule has 3 N–H and O–H groups in total. The fraction of sp³-hybridized carbons (Fsp3) is 0.750. The zero-order chi connectivity index (χ0) is 11.7. The summed E-state index contributed by atoms with van der Waals surface area (Å²) in [6.07, 6.45) is 5.22. The fourth-order valence-electron chi connectivity index (χ4n) is 1.97. The van der Waals surface area contributed by atoms with Crippen molar-refractivity contribution in [3.8, 4) is 0 Å². The van der Waals surface area contributed by atoms with Crippen molar-refractivity contribution < 1.29 is 4.74 Å². The molecule has 0 atom stereocenters. The highest BCUT2D eigenvalue weighted by molar-refractivity contribution is 7.10. The summed E-state index contributed by atoms with van der Waals surface area (Å²) in [5.41, 5.74) is 7.14. The Balaban J connectivity index is 1.43. The number of ether oxygens (including phenoxy) is 1. The average molecular weight is 253 g/mol. The molecule has 0 radical (unpaired) electrons. The average Bonchev–Trinajstić information content (AvgIpc) is 3.21. The van der Waals surface area contributed by atoms with E-state index in [1.165, 1.54) is 42.8 Å². The van der Waals surface area contributed by atoms with Crippen LogP contribution in [0.25, 0.3) is 0 Å². The van der Waals surface area contributed by atoms with Crippen LogP contribution in [0.3, 0.4) is 0 Å². The summed E-state index contributed by atoms with van der Waals surface area (Å²) < 4.78 is 9.82. The quantitative estimate of drug-likeness (QED) is 0.733. The molecule has 1 heterocycles. The van der Waals surface area contributed by atoms with Gasteiger partial charge in [-0.15, -0.1) is 0 Å². The summed E-state index contributed by atoms with van der Waals surface area (Å²) in [5, 5.41) is 4.55. The lowest BCUT2D eigenvalue weighted by molar-refractivity contribution is 0.134. The minimum atomic E-state index is 0.656. The van der Waals surface area contributed by atoms with Crippen LogP contribution in [0.1, 0.15) is 37.2 Å². The first-order valence-corrected chi connectivity index (χ1v) is 7.18. The molecule has 0 saturated heterocycles. The standard InChI is InChI=1S/C12H19N3OS/c13-11-10(9-3-4-9)12(17-15-11)14-5-6-16-7-8-1-2-8/h8-9,14H,1-7H2,(H2,13,15). The van der Waals surface area contributed by atoms with Gasteiger partial charge in [0.2, 0.25) is 0 Å². The summed E-state index contributed by atoms with van der Waals surface area (Å²) in [5.74, 6) is 2.22. The summed E-state index contributed by atoms with van der Waals surface area (Å²) in [7, 11) is 0. The number of hydrogen-bond acceptors (Lipinski definition) is 5. The largest absolute Gasteiger partial charge is 0.383 e. The molecule has 2 fully saturated rings. The molecule has 3 rings (SSSR count). The predicted molar refractivity (Wildman–Crippen MR) is 70.5 cm³/mol. The molecular weight excluding hydrogens is 234 g/mol. The second-order valence-corrected chi connectivity index (χ2v) is 5.80. The Labute approximate surface area is 106 Å². The van der Waals surface area contributed by atoms with E-state index in [0.29, 0.717) is 5.92 Å². The van der Waals surface area contributed by atoms with Gasteiger partial charge in [-0.25, -0.2) is 0 Å². The van der Waals surface area contributed by atoms with Gasteiger partial charge in [0.15, 0.2) is 0 Å². The Morgan fingerprint density at radius 1 is 1.35 bits per heavy atom. The van der Waals surface area contributed by atoms with Gasteiger partial charge in [0.1, 0.15) is 10.8 Å². The monoisotopic (exact) mass is 253 g/mol. The molecule has 0 spiro atoms. The topological polar surface area (TPSA) is 60.2 Å². The Morgan fingerprint density at radius 2 is 2.18 bits per heavy atom. The molecular formula is C12H19N3OS. The zero-order valence-electron chi connectivity index (χ0n) is 9.95. The van der Waals surface area contributed by atoms with E-state index < -0.39 is 0 Å². The molecule has 0 bridgehead atoms. The van der Waals surface area contributed by atoms with Crippen LogP contribution in [0.4, 0.5) is 10.8 Å². The lowest BCUT2D eigenvalue weighted by Gasteiger charge is -2.07. The van der Waals surface area contributed by atoms with Crippen LogP contribution < -0.4 is 11.1 Å². The van der Waals surface area contributed by atoms with Gasteiger partial charge in [-0.05, 0) is 49.1 Å². The Morgan fingerprint density at radius 3 is 2.88 bits per heavy atom. The van der Waals surface area contributed by atoms with Gasteiger partial charge in [-0.3, -0.25) is 0 Å². The third kappa shape index (κ3) is 2.90. The van der Waals surface area contributed by atoms with E-state index in [2.05, 4.69) is 9.69 Å². The molecule has 94 valence electrons. The first-order chi connectivity index (χ1) is 8.34. The van der Waals surface area contributed by atoms with Gasteiger partial charge in [0.25, 0.3) is 0 Å². The maximum Gasteiger partial charge on any atom is 0.142 e. The minimum absolute atomic E-state index is 0.656. The zero-order valence-corrected chi connectivity index (χ0v) is 10.8. The van der Waals surface area contributed by atoms with E-state index in [4.69, 9.17) is 10.5 Å². The van der Waals surface area contributed by atoms with Crippen molar-refractivity contribution in [1.82, 2.24) is 4.37 Å². The molecule has 0 aromatic carbocycles. The van der Waals surface area contributed by atoms with Crippen molar-refractivity contribution in [2.75, 3.05) is 30.8 Å². The van der Waals surface area contributed by atoms with Crippen molar-refractivity contribution in [3.05, 3.63) is 5.56 Å². The van der Waals surface area contributed by atoms with E-state index in [9.17, 15) is 0 Å². The molecule has 0 aliphatic heterocycles. The summed E-state index contributed by atoms with van der Waals surface area (Å²) in [4.78, 5) is 0. The maximum atomic E-state index is 5.89. The second-order valence-electron chi connectivity index (χ2n) is 5.03. The fourth-order valence-corrected chi connectivity index (χ4v) is 2.80. The van der Waals surface area contributed by atoms with Crippen molar-refractivity contribution in [1.29, 1.82) is 0 Å². The molecule has 0 amide bonds. The SMILES string of the molecule is Nc1nsc(NCCOCC2CC2)c1C1CC1. The van der Waals surface area contributed by atoms with Crippen molar-refractivity contribution in [2.24, 2.45) is 5.92 Å². The molecule has 1 aromatic heterocycles. The lowest BCUT2D eigenvalue weighted by Crippen LogP contribution is -2.10. The maximum absolute atomic E-state index is 5.89. The van der Waals surface area contributed by atoms with Crippen LogP contribution in [0.15, 0.2) is 0 Å². The third-order valence-electron chi connectivity index (χ3n) is 3.32. The molecule has 4 nitrogen and oxygen atoms in total. The van der Waals surface area contributed by atoms with Crippen LogP contribution >= 0.6 is 11.5 Å². The molecule has 2 aliphatic carbocycles. The number of aromatic nitrogens is 1. The van der Waals surface area contributed by atoms with Gasteiger partial charge >= 0.3 is 0 Å². The number of anilines is 2. The number of hydrogen-bond donors (Lipinski definition) is 2. The smallest absolute Gasteiger partial charge is 0.142 e. The first kappa shape index (κ1) is 11.3. The first-order valence-electron chi connectivity index (χ1n) is 6.41. The summed E-state index contributed by atoms with van der Waals surface area (Å²) in [6, 6.07) is 0. The molecule has 2 saturated carbocycles. The number of rotatable bonds is 7.